The Labute approximate surface area is 258 Å². The molecule has 0 aliphatic heterocycles. The lowest BCUT2D eigenvalue weighted by molar-refractivity contribution is 1.06. The lowest BCUT2D eigenvalue weighted by atomic mass is 9.92. The van der Waals surface area contributed by atoms with Crippen LogP contribution in [0.2, 0.25) is 0 Å². The average Bonchev–Trinajstić information content (AvgIpc) is 3.10. The fourth-order valence-electron chi connectivity index (χ4n) is 5.27. The summed E-state index contributed by atoms with van der Waals surface area (Å²) in [6.07, 6.45) is 2.81. The third-order valence-electron chi connectivity index (χ3n) is 7.63. The Bertz CT molecular complexity index is 1940. The van der Waals surface area contributed by atoms with Gasteiger partial charge in [0.1, 0.15) is 5.84 Å². The zero-order valence-corrected chi connectivity index (χ0v) is 24.5. The number of hydrogen-bond acceptors (Lipinski definition) is 2. The summed E-state index contributed by atoms with van der Waals surface area (Å²) in [6, 6.07) is 51.4. The second-order valence-electron chi connectivity index (χ2n) is 10.6. The quantitative estimate of drug-likeness (QED) is 0.142. The Morgan fingerprint density at radius 2 is 1.18 bits per heavy atom. The van der Waals surface area contributed by atoms with Crippen LogP contribution in [-0.2, 0) is 13.0 Å². The molecule has 0 aliphatic rings. The van der Waals surface area contributed by atoms with Crippen molar-refractivity contribution in [3.05, 3.63) is 186 Å². The van der Waals surface area contributed by atoms with Crippen molar-refractivity contribution in [1.29, 1.82) is 0 Å². The molecule has 0 radical (unpaired) electrons. The topological polar surface area (TPSA) is 76.8 Å². The van der Waals surface area contributed by atoms with Crippen LogP contribution in [0.1, 0.15) is 27.8 Å². The largest absolute Gasteiger partial charge is 0.398 e. The predicted molar refractivity (Wildman–Crippen MR) is 186 cm³/mol. The highest BCUT2D eigenvalue weighted by Crippen LogP contribution is 2.34. The van der Waals surface area contributed by atoms with E-state index in [1.807, 2.05) is 78.9 Å². The van der Waals surface area contributed by atoms with E-state index < -0.39 is 0 Å². The molecule has 6 rings (SSSR count). The highest BCUT2D eigenvalue weighted by molar-refractivity contribution is 6.16. The number of amidine groups is 2. The summed E-state index contributed by atoms with van der Waals surface area (Å²) in [7, 11) is 0. The molecule has 4 N–H and O–H groups in total. The van der Waals surface area contributed by atoms with Gasteiger partial charge in [0.05, 0.1) is 6.54 Å². The molecule has 44 heavy (non-hydrogen) atoms. The number of allylic oxidation sites excluding steroid dienone is 1. The summed E-state index contributed by atoms with van der Waals surface area (Å²) in [4.78, 5) is 9.99. The molecular weight excluding hydrogens is 536 g/mol. The molecule has 214 valence electrons. The molecular formula is C40H34N4. The van der Waals surface area contributed by atoms with Crippen molar-refractivity contribution in [1.82, 2.24) is 0 Å². The van der Waals surface area contributed by atoms with E-state index >= 15 is 0 Å². The standard InChI is InChI=1S/C40H34N4/c41-37(32-15-6-2-7-16-32)27-22-29-20-23-33(24-21-29)38-35-19-11-10-14-31(35)25-26-36(38)40(43-28-30-12-4-1-5-13-30)44-39(42)34-17-8-3-9-18-34/h1-21,23-27H,22,28,41H2,(H2,42,43,44)/b37-27-. The Morgan fingerprint density at radius 3 is 1.89 bits per heavy atom. The summed E-state index contributed by atoms with van der Waals surface area (Å²) in [5.74, 6) is 1.02. The van der Waals surface area contributed by atoms with Gasteiger partial charge in [0, 0.05) is 22.4 Å². The normalized spacial score (nSPS) is 12.4. The van der Waals surface area contributed by atoms with E-state index in [-0.39, 0.29) is 0 Å². The number of hydrogen-bond donors (Lipinski definition) is 2. The van der Waals surface area contributed by atoms with E-state index in [9.17, 15) is 0 Å². The fraction of sp³-hybridized carbons (Fsp3) is 0.0500. The number of benzene rings is 6. The summed E-state index contributed by atoms with van der Waals surface area (Å²) < 4.78 is 0. The van der Waals surface area contributed by atoms with Gasteiger partial charge in [0.25, 0.3) is 0 Å². The van der Waals surface area contributed by atoms with Gasteiger partial charge >= 0.3 is 0 Å². The van der Waals surface area contributed by atoms with Crippen LogP contribution in [0.5, 0.6) is 0 Å². The maximum absolute atomic E-state index is 6.58. The maximum Gasteiger partial charge on any atom is 0.157 e. The van der Waals surface area contributed by atoms with Gasteiger partial charge in [-0.1, -0.05) is 152 Å². The Morgan fingerprint density at radius 1 is 0.568 bits per heavy atom. The van der Waals surface area contributed by atoms with Gasteiger partial charge in [-0.2, -0.15) is 0 Å². The molecule has 4 heteroatoms. The summed E-state index contributed by atoms with van der Waals surface area (Å²) in [5.41, 5.74) is 21.0. The van der Waals surface area contributed by atoms with E-state index in [0.29, 0.717) is 18.2 Å². The van der Waals surface area contributed by atoms with Crippen LogP contribution in [0.25, 0.3) is 27.6 Å². The van der Waals surface area contributed by atoms with E-state index in [1.54, 1.807) is 0 Å². The third-order valence-corrected chi connectivity index (χ3v) is 7.63. The van der Waals surface area contributed by atoms with Crippen molar-refractivity contribution in [3.63, 3.8) is 0 Å². The predicted octanol–water partition coefficient (Wildman–Crippen LogP) is 8.40. The first-order valence-electron chi connectivity index (χ1n) is 14.8. The van der Waals surface area contributed by atoms with E-state index in [4.69, 9.17) is 21.5 Å². The molecule has 4 nitrogen and oxygen atoms in total. The van der Waals surface area contributed by atoms with Crippen molar-refractivity contribution in [2.45, 2.75) is 13.0 Å². The zero-order valence-electron chi connectivity index (χ0n) is 24.5. The summed E-state index contributed by atoms with van der Waals surface area (Å²) in [6.45, 7) is 0.488. The summed E-state index contributed by atoms with van der Waals surface area (Å²) >= 11 is 0. The highest BCUT2D eigenvalue weighted by atomic mass is 15.0. The molecule has 6 aromatic rings. The van der Waals surface area contributed by atoms with Gasteiger partial charge in [-0.3, -0.25) is 4.99 Å². The molecule has 0 atom stereocenters. The van der Waals surface area contributed by atoms with Crippen LogP contribution in [0.15, 0.2) is 168 Å². The monoisotopic (exact) mass is 570 g/mol. The molecule has 0 unspecified atom stereocenters. The first-order valence-corrected chi connectivity index (χ1v) is 14.8. The van der Waals surface area contributed by atoms with Crippen molar-refractivity contribution < 1.29 is 0 Å². The second kappa shape index (κ2) is 13.5. The molecule has 0 heterocycles. The van der Waals surface area contributed by atoms with Crippen molar-refractivity contribution in [3.8, 4) is 11.1 Å². The average molecular weight is 571 g/mol. The number of aliphatic imine (C=N–C) groups is 2. The van der Waals surface area contributed by atoms with Crippen LogP contribution in [0.3, 0.4) is 0 Å². The van der Waals surface area contributed by atoms with Crippen LogP contribution >= 0.6 is 0 Å². The minimum atomic E-state index is 0.426. The molecule has 0 saturated carbocycles. The molecule has 6 aromatic carbocycles. The number of fused-ring (bicyclic) bond motifs is 1. The van der Waals surface area contributed by atoms with Crippen molar-refractivity contribution in [2.75, 3.05) is 0 Å². The third kappa shape index (κ3) is 6.66. The Balaban J connectivity index is 1.43. The molecule has 0 bridgehead atoms. The smallest absolute Gasteiger partial charge is 0.157 e. The van der Waals surface area contributed by atoms with Crippen LogP contribution in [0.4, 0.5) is 0 Å². The minimum absolute atomic E-state index is 0.426. The van der Waals surface area contributed by atoms with Gasteiger partial charge in [0.2, 0.25) is 0 Å². The highest BCUT2D eigenvalue weighted by Gasteiger charge is 2.16. The number of nitrogens with zero attached hydrogens (tertiary/aromatic N) is 2. The lowest BCUT2D eigenvalue weighted by Gasteiger charge is -2.15. The minimum Gasteiger partial charge on any atom is -0.398 e. The first-order chi connectivity index (χ1) is 21.7. The van der Waals surface area contributed by atoms with Gasteiger partial charge in [0.15, 0.2) is 5.84 Å². The Kier molecular flexibility index (Phi) is 8.70. The van der Waals surface area contributed by atoms with Gasteiger partial charge in [-0.05, 0) is 45.5 Å². The molecule has 0 amide bonds. The van der Waals surface area contributed by atoms with Crippen molar-refractivity contribution in [2.24, 2.45) is 21.5 Å². The van der Waals surface area contributed by atoms with E-state index in [1.165, 1.54) is 5.56 Å². The first kappa shape index (κ1) is 28.4. The number of rotatable bonds is 8. The van der Waals surface area contributed by atoms with E-state index in [2.05, 4.69) is 78.9 Å². The van der Waals surface area contributed by atoms with Crippen LogP contribution < -0.4 is 11.5 Å². The molecule has 0 spiro atoms. The SMILES string of the molecule is N/C(=C\Cc1ccc(-c2c(C(/N=C(\N)c3ccccc3)=N/Cc3ccccc3)ccc3ccccc23)cc1)c1ccccc1. The van der Waals surface area contributed by atoms with E-state index in [0.717, 1.165) is 56.3 Å². The van der Waals surface area contributed by atoms with Gasteiger partial charge in [-0.25, -0.2) is 4.99 Å². The second-order valence-corrected chi connectivity index (χ2v) is 10.6. The fourth-order valence-corrected chi connectivity index (χ4v) is 5.27. The maximum atomic E-state index is 6.58. The molecule has 0 aromatic heterocycles. The zero-order chi connectivity index (χ0) is 30.1. The lowest BCUT2D eigenvalue weighted by Crippen LogP contribution is -2.16. The summed E-state index contributed by atoms with van der Waals surface area (Å²) in [5, 5.41) is 2.28. The molecule has 0 aliphatic carbocycles. The molecule has 0 saturated heterocycles. The van der Waals surface area contributed by atoms with Gasteiger partial charge < -0.3 is 11.5 Å². The van der Waals surface area contributed by atoms with Crippen molar-refractivity contribution >= 4 is 28.1 Å². The Hall–Kier alpha value is -5.74. The van der Waals surface area contributed by atoms with Crippen LogP contribution in [0, 0.1) is 0 Å². The molecule has 0 fully saturated rings. The van der Waals surface area contributed by atoms with Gasteiger partial charge in [-0.15, -0.1) is 0 Å². The number of nitrogens with two attached hydrogens (primary N) is 2. The van der Waals surface area contributed by atoms with Crippen LogP contribution in [-0.4, -0.2) is 11.7 Å².